The zero-order chi connectivity index (χ0) is 28.9. The van der Waals surface area contributed by atoms with Crippen molar-refractivity contribution in [1.29, 1.82) is 0 Å². The molecule has 0 spiro atoms. The molecular weight excluding hydrogens is 508 g/mol. The first kappa shape index (κ1) is 29.2. The summed E-state index contributed by atoms with van der Waals surface area (Å²) in [6.07, 6.45) is 7.61. The number of urea groups is 1. The Kier molecular flexibility index (Phi) is 9.22. The molecule has 9 nitrogen and oxygen atoms in total. The van der Waals surface area contributed by atoms with E-state index in [9.17, 15) is 9.59 Å². The third-order valence-electron chi connectivity index (χ3n) is 7.05. The van der Waals surface area contributed by atoms with Gasteiger partial charge in [-0.15, -0.1) is 0 Å². The molecule has 0 aliphatic carbocycles. The van der Waals surface area contributed by atoms with E-state index >= 15 is 0 Å². The monoisotopic (exact) mass is 550 g/mol. The molecule has 1 aliphatic rings. The van der Waals surface area contributed by atoms with E-state index in [0.717, 1.165) is 42.3 Å². The van der Waals surface area contributed by atoms with Gasteiger partial charge in [0.15, 0.2) is 11.5 Å². The Balaban J connectivity index is 1.54. The number of methoxy groups -OCH3 is 1. The maximum Gasteiger partial charge on any atom is 0.326 e. The van der Waals surface area contributed by atoms with Crippen LogP contribution in [-0.4, -0.2) is 58.9 Å². The predicted molar refractivity (Wildman–Crippen MR) is 156 cm³/mol. The summed E-state index contributed by atoms with van der Waals surface area (Å²) in [6.45, 7) is 11.7. The number of unbranched alkanes of at least 4 members (excludes halogenated alkanes) is 2. The van der Waals surface area contributed by atoms with E-state index in [2.05, 4.69) is 11.9 Å². The third kappa shape index (κ3) is 6.69. The Morgan fingerprint density at radius 1 is 1.10 bits per heavy atom. The van der Waals surface area contributed by atoms with E-state index in [4.69, 9.17) is 14.2 Å². The van der Waals surface area contributed by atoms with E-state index in [1.807, 2.05) is 74.0 Å². The number of aromatic nitrogens is 2. The molecule has 9 heteroatoms. The van der Waals surface area contributed by atoms with Crippen LogP contribution < -0.4 is 14.4 Å². The highest BCUT2D eigenvalue weighted by Crippen LogP contribution is 2.35. The first-order valence-corrected chi connectivity index (χ1v) is 14.2. The molecule has 3 heterocycles. The maximum absolute atomic E-state index is 13.8. The van der Waals surface area contributed by atoms with Gasteiger partial charge in [-0.1, -0.05) is 19.8 Å². The van der Waals surface area contributed by atoms with Crippen molar-refractivity contribution < 1.29 is 23.8 Å². The molecule has 1 aromatic carbocycles. The fraction of sp³-hybridized carbons (Fsp3) is 0.516. The summed E-state index contributed by atoms with van der Waals surface area (Å²) < 4.78 is 18.8. The molecule has 3 aromatic rings. The molecule has 0 saturated carbocycles. The zero-order valence-electron chi connectivity index (χ0n) is 24.6. The average Bonchev–Trinajstić information content (AvgIpc) is 3.32. The lowest BCUT2D eigenvalue weighted by atomic mass is 10.0. The lowest BCUT2D eigenvalue weighted by Gasteiger charge is -2.39. The number of carbonyl (C=O) groups is 2. The Bertz CT molecular complexity index is 1330. The fourth-order valence-corrected chi connectivity index (χ4v) is 5.11. The SMILES string of the molecule is CCCCCOc1cc(N2CCCN([C@@H](C)c3ccnc4c3ccn4CC(=O)OC(C)(C)C)C2=O)ccc1OC. The molecule has 4 rings (SSSR count). The Morgan fingerprint density at radius 2 is 1.90 bits per heavy atom. The van der Waals surface area contributed by atoms with Crippen LogP contribution >= 0.6 is 0 Å². The summed E-state index contributed by atoms with van der Waals surface area (Å²) in [5.41, 5.74) is 1.91. The Hall–Kier alpha value is -3.75. The summed E-state index contributed by atoms with van der Waals surface area (Å²) >= 11 is 0. The molecule has 0 N–H and O–H groups in total. The number of anilines is 1. The highest BCUT2D eigenvalue weighted by Gasteiger charge is 2.32. The fourth-order valence-electron chi connectivity index (χ4n) is 5.11. The Morgan fingerprint density at radius 3 is 2.62 bits per heavy atom. The smallest absolute Gasteiger partial charge is 0.326 e. The van der Waals surface area contributed by atoms with Gasteiger partial charge in [-0.3, -0.25) is 9.69 Å². The van der Waals surface area contributed by atoms with Crippen LogP contribution in [-0.2, 0) is 16.1 Å². The summed E-state index contributed by atoms with van der Waals surface area (Å²) in [6, 6.07) is 9.33. The third-order valence-corrected chi connectivity index (χ3v) is 7.05. The van der Waals surface area contributed by atoms with Crippen molar-refractivity contribution in [2.24, 2.45) is 0 Å². The molecule has 216 valence electrons. The second-order valence-electron chi connectivity index (χ2n) is 11.2. The minimum atomic E-state index is -0.556. The molecule has 2 aromatic heterocycles. The molecular formula is C31H42N4O5. The van der Waals surface area contributed by atoms with Crippen LogP contribution in [0.1, 0.15) is 71.9 Å². The summed E-state index contributed by atoms with van der Waals surface area (Å²) in [5.74, 6) is 0.988. The number of nitrogens with zero attached hydrogens (tertiary/aromatic N) is 4. The summed E-state index contributed by atoms with van der Waals surface area (Å²) in [5, 5.41) is 0.913. The summed E-state index contributed by atoms with van der Waals surface area (Å²) in [7, 11) is 1.62. The molecule has 1 fully saturated rings. The standard InChI is InChI=1S/C31H42N4O5/c1-7-8-9-19-39-27-20-23(11-12-26(27)38-6)35-17-10-16-34(30(35)37)22(2)24-13-15-32-29-25(24)14-18-33(29)21-28(36)40-31(3,4)5/h11-15,18,20,22H,7-10,16-17,19,21H2,1-6H3/t22-/m0/s1. The lowest BCUT2D eigenvalue weighted by Crippen LogP contribution is -2.50. The van der Waals surface area contributed by atoms with Crippen molar-refractivity contribution in [2.75, 3.05) is 31.7 Å². The van der Waals surface area contributed by atoms with Crippen molar-refractivity contribution in [2.45, 2.75) is 78.5 Å². The van der Waals surface area contributed by atoms with Gasteiger partial charge in [-0.05, 0) is 70.4 Å². The number of carbonyl (C=O) groups excluding carboxylic acids is 2. The number of hydrogen-bond acceptors (Lipinski definition) is 6. The van der Waals surface area contributed by atoms with Gasteiger partial charge in [-0.25, -0.2) is 9.78 Å². The number of rotatable bonds is 11. The van der Waals surface area contributed by atoms with E-state index in [1.54, 1.807) is 17.9 Å². The van der Waals surface area contributed by atoms with Crippen LogP contribution in [0.5, 0.6) is 11.5 Å². The molecule has 1 saturated heterocycles. The van der Waals surface area contributed by atoms with Crippen molar-refractivity contribution in [3.05, 3.63) is 48.3 Å². The quantitative estimate of drug-likeness (QED) is 0.204. The Labute approximate surface area is 237 Å². The van der Waals surface area contributed by atoms with Gasteiger partial charge < -0.3 is 23.7 Å². The van der Waals surface area contributed by atoms with Gasteiger partial charge in [0.2, 0.25) is 0 Å². The van der Waals surface area contributed by atoms with Crippen LogP contribution in [0.3, 0.4) is 0 Å². The molecule has 1 aliphatic heterocycles. The van der Waals surface area contributed by atoms with Gasteiger partial charge in [0, 0.05) is 42.6 Å². The second-order valence-corrected chi connectivity index (χ2v) is 11.2. The number of amides is 2. The number of pyridine rings is 1. The molecule has 2 amide bonds. The van der Waals surface area contributed by atoms with E-state index in [-0.39, 0.29) is 24.6 Å². The van der Waals surface area contributed by atoms with Crippen molar-refractivity contribution in [1.82, 2.24) is 14.5 Å². The van der Waals surface area contributed by atoms with Gasteiger partial charge in [-0.2, -0.15) is 0 Å². The maximum atomic E-state index is 13.8. The van der Waals surface area contributed by atoms with E-state index in [1.165, 1.54) is 0 Å². The number of hydrogen-bond donors (Lipinski definition) is 0. The molecule has 0 bridgehead atoms. The molecule has 40 heavy (non-hydrogen) atoms. The van der Waals surface area contributed by atoms with Gasteiger partial charge in [0.05, 0.1) is 19.8 Å². The zero-order valence-corrected chi connectivity index (χ0v) is 24.6. The molecule has 0 unspecified atom stereocenters. The highest BCUT2D eigenvalue weighted by molar-refractivity contribution is 5.94. The average molecular weight is 551 g/mol. The molecule has 1 atom stereocenters. The van der Waals surface area contributed by atoms with Gasteiger partial charge in [0.1, 0.15) is 17.8 Å². The topological polar surface area (TPSA) is 86.1 Å². The number of ether oxygens (including phenoxy) is 3. The van der Waals surface area contributed by atoms with Crippen LogP contribution in [0.15, 0.2) is 42.7 Å². The number of benzene rings is 1. The normalized spacial score (nSPS) is 14.9. The van der Waals surface area contributed by atoms with Crippen molar-refractivity contribution >= 4 is 28.7 Å². The second kappa shape index (κ2) is 12.6. The van der Waals surface area contributed by atoms with Crippen LogP contribution in [0.4, 0.5) is 10.5 Å². The molecule has 0 radical (unpaired) electrons. The van der Waals surface area contributed by atoms with E-state index in [0.29, 0.717) is 36.8 Å². The predicted octanol–water partition coefficient (Wildman–Crippen LogP) is 6.35. The van der Waals surface area contributed by atoms with Gasteiger partial charge >= 0.3 is 12.0 Å². The number of esters is 1. The van der Waals surface area contributed by atoms with Crippen LogP contribution in [0.2, 0.25) is 0 Å². The van der Waals surface area contributed by atoms with Crippen LogP contribution in [0, 0.1) is 0 Å². The van der Waals surface area contributed by atoms with Crippen molar-refractivity contribution in [3.63, 3.8) is 0 Å². The van der Waals surface area contributed by atoms with Gasteiger partial charge in [0.25, 0.3) is 0 Å². The minimum Gasteiger partial charge on any atom is -0.493 e. The highest BCUT2D eigenvalue weighted by atomic mass is 16.6. The lowest BCUT2D eigenvalue weighted by molar-refractivity contribution is -0.155. The van der Waals surface area contributed by atoms with Crippen molar-refractivity contribution in [3.8, 4) is 11.5 Å². The summed E-state index contributed by atoms with van der Waals surface area (Å²) in [4.78, 5) is 34.5. The largest absolute Gasteiger partial charge is 0.493 e. The van der Waals surface area contributed by atoms with E-state index < -0.39 is 5.60 Å². The minimum absolute atomic E-state index is 0.0565. The first-order chi connectivity index (χ1) is 19.1. The number of fused-ring (bicyclic) bond motifs is 1. The first-order valence-electron chi connectivity index (χ1n) is 14.2. The van der Waals surface area contributed by atoms with Crippen LogP contribution in [0.25, 0.3) is 11.0 Å².